The van der Waals surface area contributed by atoms with Gasteiger partial charge in [-0.25, -0.2) is 4.79 Å². The Morgan fingerprint density at radius 2 is 2.11 bits per heavy atom. The van der Waals surface area contributed by atoms with E-state index in [9.17, 15) is 4.79 Å². The van der Waals surface area contributed by atoms with E-state index < -0.39 is 6.09 Å². The number of halogens is 1. The number of ether oxygens (including phenoxy) is 1. The summed E-state index contributed by atoms with van der Waals surface area (Å²) in [6, 6.07) is 7.08. The molecule has 0 bridgehead atoms. The standard InChI is InChI=1S/C14H19ClN2O2/c15-12-6-1-2-7-13(12)17-14(18)19-9-11-5-3-4-10(11)8-16/h1-2,6-7,10-11H,3-5,8-9,16H2,(H,17,18). The van der Waals surface area contributed by atoms with E-state index in [1.165, 1.54) is 6.42 Å². The van der Waals surface area contributed by atoms with Crippen molar-refractivity contribution >= 4 is 23.4 Å². The molecule has 104 valence electrons. The van der Waals surface area contributed by atoms with Crippen LogP contribution in [0.5, 0.6) is 0 Å². The SMILES string of the molecule is NCC1CCCC1COC(=O)Nc1ccccc1Cl. The van der Waals surface area contributed by atoms with Crippen LogP contribution in [0.4, 0.5) is 10.5 Å². The molecule has 2 rings (SSSR count). The lowest BCUT2D eigenvalue weighted by molar-refractivity contribution is 0.130. The lowest BCUT2D eigenvalue weighted by Gasteiger charge is -2.17. The fourth-order valence-corrected chi connectivity index (χ4v) is 2.72. The van der Waals surface area contributed by atoms with Gasteiger partial charge >= 0.3 is 6.09 Å². The van der Waals surface area contributed by atoms with Crippen LogP contribution in [0.15, 0.2) is 24.3 Å². The van der Waals surface area contributed by atoms with Gasteiger partial charge in [0.15, 0.2) is 0 Å². The van der Waals surface area contributed by atoms with Gasteiger partial charge in [0.1, 0.15) is 0 Å². The molecule has 5 heteroatoms. The van der Waals surface area contributed by atoms with E-state index in [2.05, 4.69) is 5.32 Å². The highest BCUT2D eigenvalue weighted by Gasteiger charge is 2.27. The summed E-state index contributed by atoms with van der Waals surface area (Å²) in [7, 11) is 0. The molecule has 2 atom stereocenters. The Labute approximate surface area is 118 Å². The van der Waals surface area contributed by atoms with Gasteiger partial charge in [0.25, 0.3) is 0 Å². The van der Waals surface area contributed by atoms with Crippen molar-refractivity contribution < 1.29 is 9.53 Å². The number of benzene rings is 1. The number of hydrogen-bond acceptors (Lipinski definition) is 3. The summed E-state index contributed by atoms with van der Waals surface area (Å²) in [4.78, 5) is 11.7. The molecule has 0 heterocycles. The molecule has 4 nitrogen and oxygen atoms in total. The smallest absolute Gasteiger partial charge is 0.411 e. The second-order valence-corrected chi connectivity index (χ2v) is 5.30. The number of carbonyl (C=O) groups excluding carboxylic acids is 1. The van der Waals surface area contributed by atoms with E-state index in [-0.39, 0.29) is 0 Å². The number of anilines is 1. The summed E-state index contributed by atoms with van der Waals surface area (Å²) in [6.07, 6.45) is 2.93. The summed E-state index contributed by atoms with van der Waals surface area (Å²) in [5, 5.41) is 3.14. The Morgan fingerprint density at radius 3 is 2.84 bits per heavy atom. The number of carbonyl (C=O) groups is 1. The average Bonchev–Trinajstić information content (AvgIpc) is 2.86. The van der Waals surface area contributed by atoms with Crippen molar-refractivity contribution in [2.24, 2.45) is 17.6 Å². The van der Waals surface area contributed by atoms with Crippen molar-refractivity contribution in [3.05, 3.63) is 29.3 Å². The van der Waals surface area contributed by atoms with Gasteiger partial charge in [0.2, 0.25) is 0 Å². The Bertz CT molecular complexity index is 439. The lowest BCUT2D eigenvalue weighted by Crippen LogP contribution is -2.25. The second-order valence-electron chi connectivity index (χ2n) is 4.89. The van der Waals surface area contributed by atoms with Crippen LogP contribution in [0.1, 0.15) is 19.3 Å². The molecule has 19 heavy (non-hydrogen) atoms. The van der Waals surface area contributed by atoms with Crippen LogP contribution < -0.4 is 11.1 Å². The van der Waals surface area contributed by atoms with Gasteiger partial charge < -0.3 is 10.5 Å². The Morgan fingerprint density at radius 1 is 1.37 bits per heavy atom. The molecule has 1 amide bonds. The topological polar surface area (TPSA) is 64.3 Å². The molecule has 0 radical (unpaired) electrons. The summed E-state index contributed by atoms with van der Waals surface area (Å²) >= 11 is 5.95. The highest BCUT2D eigenvalue weighted by atomic mass is 35.5. The zero-order chi connectivity index (χ0) is 13.7. The minimum absolute atomic E-state index is 0.391. The van der Waals surface area contributed by atoms with Crippen molar-refractivity contribution in [3.63, 3.8) is 0 Å². The van der Waals surface area contributed by atoms with Crippen molar-refractivity contribution in [1.29, 1.82) is 0 Å². The summed E-state index contributed by atoms with van der Waals surface area (Å²) < 4.78 is 5.25. The van der Waals surface area contributed by atoms with E-state index in [0.717, 1.165) is 12.8 Å². The summed E-state index contributed by atoms with van der Waals surface area (Å²) in [5.41, 5.74) is 6.27. The molecular formula is C14H19ClN2O2. The monoisotopic (exact) mass is 282 g/mol. The predicted octanol–water partition coefficient (Wildman–Crippen LogP) is 3.26. The Kier molecular flexibility index (Phi) is 5.05. The molecule has 1 aliphatic rings. The molecule has 0 aliphatic heterocycles. The van der Waals surface area contributed by atoms with Gasteiger partial charge in [-0.2, -0.15) is 0 Å². The molecule has 1 aromatic carbocycles. The zero-order valence-electron chi connectivity index (χ0n) is 10.8. The Balaban J connectivity index is 1.80. The molecular weight excluding hydrogens is 264 g/mol. The molecule has 0 aromatic heterocycles. The third-order valence-corrected chi connectivity index (χ3v) is 3.99. The largest absolute Gasteiger partial charge is 0.449 e. The number of hydrogen-bond donors (Lipinski definition) is 2. The average molecular weight is 283 g/mol. The van der Waals surface area contributed by atoms with Crippen LogP contribution in [0.25, 0.3) is 0 Å². The van der Waals surface area contributed by atoms with Crippen LogP contribution in [-0.2, 0) is 4.74 Å². The van der Waals surface area contributed by atoms with Crippen LogP contribution in [-0.4, -0.2) is 19.2 Å². The molecule has 2 unspecified atom stereocenters. The number of nitrogens with two attached hydrogens (primary N) is 1. The lowest BCUT2D eigenvalue weighted by atomic mass is 9.97. The zero-order valence-corrected chi connectivity index (χ0v) is 11.5. The fourth-order valence-electron chi connectivity index (χ4n) is 2.53. The normalized spacial score (nSPS) is 22.2. The maximum absolute atomic E-state index is 11.7. The van der Waals surface area contributed by atoms with Crippen molar-refractivity contribution in [2.75, 3.05) is 18.5 Å². The minimum Gasteiger partial charge on any atom is -0.449 e. The maximum Gasteiger partial charge on any atom is 0.411 e. The van der Waals surface area contributed by atoms with Crippen LogP contribution in [0, 0.1) is 11.8 Å². The quantitative estimate of drug-likeness (QED) is 0.891. The van der Waals surface area contributed by atoms with Gasteiger partial charge in [-0.1, -0.05) is 30.2 Å². The van der Waals surface area contributed by atoms with E-state index in [4.69, 9.17) is 22.1 Å². The first kappa shape index (κ1) is 14.2. The maximum atomic E-state index is 11.7. The van der Waals surface area contributed by atoms with Gasteiger partial charge in [-0.3, -0.25) is 5.32 Å². The first-order valence-corrected chi connectivity index (χ1v) is 6.97. The highest BCUT2D eigenvalue weighted by Crippen LogP contribution is 2.31. The van der Waals surface area contributed by atoms with Crippen molar-refractivity contribution in [1.82, 2.24) is 0 Å². The third-order valence-electron chi connectivity index (χ3n) is 3.66. The van der Waals surface area contributed by atoms with Gasteiger partial charge in [0.05, 0.1) is 17.3 Å². The number of para-hydroxylation sites is 1. The second kappa shape index (κ2) is 6.78. The molecule has 3 N–H and O–H groups in total. The molecule has 1 saturated carbocycles. The molecule has 1 aromatic rings. The van der Waals surface area contributed by atoms with E-state index in [1.54, 1.807) is 12.1 Å². The molecule has 0 saturated heterocycles. The fraction of sp³-hybridized carbons (Fsp3) is 0.500. The molecule has 0 spiro atoms. The van der Waals surface area contributed by atoms with Gasteiger partial charge in [-0.05, 0) is 43.4 Å². The van der Waals surface area contributed by atoms with E-state index in [1.807, 2.05) is 12.1 Å². The van der Waals surface area contributed by atoms with E-state index >= 15 is 0 Å². The molecule has 1 aliphatic carbocycles. The Hall–Kier alpha value is -1.26. The van der Waals surface area contributed by atoms with Crippen molar-refractivity contribution in [3.8, 4) is 0 Å². The summed E-state index contributed by atoms with van der Waals surface area (Å²) in [5.74, 6) is 0.870. The van der Waals surface area contributed by atoms with Crippen LogP contribution in [0.2, 0.25) is 5.02 Å². The molecule has 1 fully saturated rings. The predicted molar refractivity (Wildman–Crippen MR) is 76.3 cm³/mol. The first-order chi connectivity index (χ1) is 9.20. The third kappa shape index (κ3) is 3.85. The minimum atomic E-state index is -0.462. The van der Waals surface area contributed by atoms with Gasteiger partial charge in [0, 0.05) is 0 Å². The number of rotatable bonds is 4. The number of amides is 1. The number of nitrogens with one attached hydrogen (secondary N) is 1. The van der Waals surface area contributed by atoms with E-state index in [0.29, 0.717) is 35.7 Å². The van der Waals surface area contributed by atoms with Crippen molar-refractivity contribution in [2.45, 2.75) is 19.3 Å². The summed E-state index contributed by atoms with van der Waals surface area (Å²) in [6.45, 7) is 1.10. The van der Waals surface area contributed by atoms with Crippen LogP contribution in [0.3, 0.4) is 0 Å². The first-order valence-electron chi connectivity index (χ1n) is 6.59. The highest BCUT2D eigenvalue weighted by molar-refractivity contribution is 6.33. The van der Waals surface area contributed by atoms with Gasteiger partial charge in [-0.15, -0.1) is 0 Å². The van der Waals surface area contributed by atoms with Crippen LogP contribution >= 0.6 is 11.6 Å².